The van der Waals surface area contributed by atoms with E-state index in [0.29, 0.717) is 12.1 Å². The molecule has 3 N–H and O–H groups in total. The number of sulfonamides is 1. The van der Waals surface area contributed by atoms with Gasteiger partial charge in [-0.25, -0.2) is 13.6 Å². The van der Waals surface area contributed by atoms with E-state index in [2.05, 4.69) is 11.4 Å². The second kappa shape index (κ2) is 5.74. The van der Waals surface area contributed by atoms with Gasteiger partial charge < -0.3 is 5.32 Å². The lowest BCUT2D eigenvalue weighted by molar-refractivity contribution is 0.598. The van der Waals surface area contributed by atoms with E-state index in [0.717, 1.165) is 11.3 Å². The van der Waals surface area contributed by atoms with E-state index in [4.69, 9.17) is 10.4 Å². The first-order valence-electron chi connectivity index (χ1n) is 5.85. The summed E-state index contributed by atoms with van der Waals surface area (Å²) in [5.74, 6) is 0. The van der Waals surface area contributed by atoms with Gasteiger partial charge in [-0.05, 0) is 42.0 Å². The number of primary sulfonamides is 1. The van der Waals surface area contributed by atoms with Crippen molar-refractivity contribution in [1.82, 2.24) is 0 Å². The molecule has 0 amide bonds. The molecule has 0 spiro atoms. The van der Waals surface area contributed by atoms with Crippen molar-refractivity contribution in [3.05, 3.63) is 59.7 Å². The molecular formula is C14H13N3O2S. The number of nitriles is 1. The van der Waals surface area contributed by atoms with Gasteiger partial charge in [0.1, 0.15) is 0 Å². The van der Waals surface area contributed by atoms with Gasteiger partial charge in [0.2, 0.25) is 10.0 Å². The summed E-state index contributed by atoms with van der Waals surface area (Å²) in [6.45, 7) is 0.552. The van der Waals surface area contributed by atoms with E-state index in [9.17, 15) is 8.42 Å². The van der Waals surface area contributed by atoms with Crippen LogP contribution in [0.25, 0.3) is 0 Å². The van der Waals surface area contributed by atoms with E-state index >= 15 is 0 Å². The summed E-state index contributed by atoms with van der Waals surface area (Å²) in [4.78, 5) is 0.0969. The van der Waals surface area contributed by atoms with Crippen molar-refractivity contribution in [2.75, 3.05) is 5.32 Å². The second-order valence-electron chi connectivity index (χ2n) is 4.23. The minimum absolute atomic E-state index is 0.0969. The Bertz CT molecular complexity index is 729. The van der Waals surface area contributed by atoms with Gasteiger partial charge in [0.05, 0.1) is 16.5 Å². The standard InChI is InChI=1S/C14H13N3O2S/c15-9-11-1-5-13(6-2-11)17-10-12-3-7-14(8-4-12)20(16,18)19/h1-8,17H,10H2,(H2,16,18,19). The summed E-state index contributed by atoms with van der Waals surface area (Å²) in [6, 6.07) is 15.5. The van der Waals surface area contributed by atoms with Crippen molar-refractivity contribution >= 4 is 15.7 Å². The highest BCUT2D eigenvalue weighted by molar-refractivity contribution is 7.89. The lowest BCUT2D eigenvalue weighted by Gasteiger charge is -2.07. The molecule has 6 heteroatoms. The van der Waals surface area contributed by atoms with Crippen LogP contribution in [0.4, 0.5) is 5.69 Å². The van der Waals surface area contributed by atoms with Gasteiger partial charge in [-0.3, -0.25) is 0 Å². The fourth-order valence-electron chi connectivity index (χ4n) is 1.66. The Morgan fingerprint density at radius 3 is 2.15 bits per heavy atom. The SMILES string of the molecule is N#Cc1ccc(NCc2ccc(S(N)(=O)=O)cc2)cc1. The number of nitrogens with zero attached hydrogens (tertiary/aromatic N) is 1. The number of rotatable bonds is 4. The maximum atomic E-state index is 11.1. The van der Waals surface area contributed by atoms with Crippen LogP contribution in [0, 0.1) is 11.3 Å². The van der Waals surface area contributed by atoms with Gasteiger partial charge in [0.15, 0.2) is 0 Å². The zero-order valence-electron chi connectivity index (χ0n) is 10.6. The predicted octanol–water partition coefficient (Wildman–Crippen LogP) is 1.82. The summed E-state index contributed by atoms with van der Waals surface area (Å²) < 4.78 is 22.2. The van der Waals surface area contributed by atoms with Crippen molar-refractivity contribution < 1.29 is 8.42 Å². The predicted molar refractivity (Wildman–Crippen MR) is 76.3 cm³/mol. The highest BCUT2D eigenvalue weighted by Crippen LogP contribution is 2.12. The Kier molecular flexibility index (Phi) is 4.03. The van der Waals surface area contributed by atoms with Gasteiger partial charge in [-0.1, -0.05) is 12.1 Å². The third-order valence-electron chi connectivity index (χ3n) is 2.76. The fourth-order valence-corrected chi connectivity index (χ4v) is 2.18. The van der Waals surface area contributed by atoms with Crippen LogP contribution in [0.1, 0.15) is 11.1 Å². The molecule has 0 unspecified atom stereocenters. The van der Waals surface area contributed by atoms with Crippen LogP contribution in [-0.4, -0.2) is 8.42 Å². The molecule has 0 atom stereocenters. The molecular weight excluding hydrogens is 274 g/mol. The topological polar surface area (TPSA) is 96.0 Å². The molecule has 0 aromatic heterocycles. The van der Waals surface area contributed by atoms with E-state index in [1.807, 2.05) is 12.1 Å². The van der Waals surface area contributed by atoms with Crippen molar-refractivity contribution in [3.8, 4) is 6.07 Å². The van der Waals surface area contributed by atoms with Crippen LogP contribution in [0.2, 0.25) is 0 Å². The van der Waals surface area contributed by atoms with E-state index in [1.165, 1.54) is 12.1 Å². The normalized spacial score (nSPS) is 10.8. The van der Waals surface area contributed by atoms with Gasteiger partial charge >= 0.3 is 0 Å². The molecule has 0 aliphatic rings. The summed E-state index contributed by atoms with van der Waals surface area (Å²) in [7, 11) is -3.65. The summed E-state index contributed by atoms with van der Waals surface area (Å²) in [6.07, 6.45) is 0. The number of anilines is 1. The molecule has 0 bridgehead atoms. The van der Waals surface area contributed by atoms with Crippen LogP contribution in [-0.2, 0) is 16.6 Å². The molecule has 0 fully saturated rings. The summed E-state index contributed by atoms with van der Waals surface area (Å²) in [5.41, 5.74) is 2.43. The van der Waals surface area contributed by atoms with Crippen molar-refractivity contribution in [1.29, 1.82) is 5.26 Å². The maximum absolute atomic E-state index is 11.1. The highest BCUT2D eigenvalue weighted by atomic mass is 32.2. The third kappa shape index (κ3) is 3.57. The average Bonchev–Trinajstić information content (AvgIpc) is 2.45. The van der Waals surface area contributed by atoms with Crippen molar-refractivity contribution in [2.45, 2.75) is 11.4 Å². The van der Waals surface area contributed by atoms with Crippen LogP contribution in [0.15, 0.2) is 53.4 Å². The van der Waals surface area contributed by atoms with Gasteiger partial charge in [0, 0.05) is 12.2 Å². The second-order valence-corrected chi connectivity index (χ2v) is 5.79. The molecule has 2 aromatic carbocycles. The quantitative estimate of drug-likeness (QED) is 0.896. The van der Waals surface area contributed by atoms with E-state index < -0.39 is 10.0 Å². The minimum Gasteiger partial charge on any atom is -0.381 e. The minimum atomic E-state index is -3.65. The summed E-state index contributed by atoms with van der Waals surface area (Å²) >= 11 is 0. The fraction of sp³-hybridized carbons (Fsp3) is 0.0714. The molecule has 0 aliphatic carbocycles. The van der Waals surface area contributed by atoms with E-state index in [-0.39, 0.29) is 4.90 Å². The number of hydrogen-bond donors (Lipinski definition) is 2. The lowest BCUT2D eigenvalue weighted by atomic mass is 10.2. The number of nitrogens with one attached hydrogen (secondary N) is 1. The number of benzene rings is 2. The molecule has 5 nitrogen and oxygen atoms in total. The van der Waals surface area contributed by atoms with Crippen LogP contribution < -0.4 is 10.5 Å². The Hall–Kier alpha value is -2.36. The van der Waals surface area contributed by atoms with Crippen LogP contribution in [0.5, 0.6) is 0 Å². The monoisotopic (exact) mass is 287 g/mol. The molecule has 0 heterocycles. The first kappa shape index (κ1) is 14.1. The van der Waals surface area contributed by atoms with Crippen molar-refractivity contribution in [3.63, 3.8) is 0 Å². The zero-order valence-corrected chi connectivity index (χ0v) is 11.4. The summed E-state index contributed by atoms with van der Waals surface area (Å²) in [5, 5.41) is 16.9. The molecule has 0 saturated heterocycles. The maximum Gasteiger partial charge on any atom is 0.238 e. The molecule has 0 saturated carbocycles. The lowest BCUT2D eigenvalue weighted by Crippen LogP contribution is -2.12. The molecule has 0 radical (unpaired) electrons. The Morgan fingerprint density at radius 1 is 1.05 bits per heavy atom. The first-order valence-corrected chi connectivity index (χ1v) is 7.39. The average molecular weight is 287 g/mol. The molecule has 20 heavy (non-hydrogen) atoms. The molecule has 2 rings (SSSR count). The Morgan fingerprint density at radius 2 is 1.65 bits per heavy atom. The number of hydrogen-bond acceptors (Lipinski definition) is 4. The molecule has 0 aliphatic heterocycles. The zero-order chi connectivity index (χ0) is 14.6. The largest absolute Gasteiger partial charge is 0.381 e. The molecule has 102 valence electrons. The highest BCUT2D eigenvalue weighted by Gasteiger charge is 2.06. The first-order chi connectivity index (χ1) is 9.49. The molecule has 2 aromatic rings. The third-order valence-corrected chi connectivity index (χ3v) is 3.69. The van der Waals surface area contributed by atoms with Crippen LogP contribution >= 0.6 is 0 Å². The van der Waals surface area contributed by atoms with Crippen LogP contribution in [0.3, 0.4) is 0 Å². The Balaban J connectivity index is 2.02. The number of nitrogens with two attached hydrogens (primary N) is 1. The van der Waals surface area contributed by atoms with Gasteiger partial charge in [-0.15, -0.1) is 0 Å². The van der Waals surface area contributed by atoms with E-state index in [1.54, 1.807) is 24.3 Å². The smallest absolute Gasteiger partial charge is 0.238 e. The van der Waals surface area contributed by atoms with Crippen molar-refractivity contribution in [2.24, 2.45) is 5.14 Å². The Labute approximate surface area is 117 Å². The van der Waals surface area contributed by atoms with Gasteiger partial charge in [-0.2, -0.15) is 5.26 Å². The van der Waals surface area contributed by atoms with Gasteiger partial charge in [0.25, 0.3) is 0 Å².